The van der Waals surface area contributed by atoms with Gasteiger partial charge in [-0.15, -0.1) is 0 Å². The molecule has 0 atom stereocenters. The first-order valence-corrected chi connectivity index (χ1v) is 16.7. The smallest absolute Gasteiger partial charge is 0.265 e. The van der Waals surface area contributed by atoms with Crippen LogP contribution in [0.1, 0.15) is 36.2 Å². The van der Waals surface area contributed by atoms with E-state index < -0.39 is 15.9 Å². The summed E-state index contributed by atoms with van der Waals surface area (Å²) in [4.78, 5) is 19.8. The van der Waals surface area contributed by atoms with Crippen molar-refractivity contribution < 1.29 is 22.8 Å². The molecule has 10 nitrogen and oxygen atoms in total. The van der Waals surface area contributed by atoms with E-state index in [0.717, 1.165) is 35.1 Å². The summed E-state index contributed by atoms with van der Waals surface area (Å²) in [7, 11) is -2.05. The lowest BCUT2D eigenvalue weighted by Crippen LogP contribution is -2.31. The Morgan fingerprint density at radius 3 is 2.51 bits per heavy atom. The van der Waals surface area contributed by atoms with Crippen molar-refractivity contribution in [1.29, 1.82) is 0 Å². The number of aryl methyl sites for hydroxylation is 1. The predicted octanol–water partition coefficient (Wildman–Crippen LogP) is 6.96. The number of sulfonamides is 1. The lowest BCUT2D eigenvalue weighted by molar-refractivity contribution is 0.0981. The highest BCUT2D eigenvalue weighted by molar-refractivity contribution is 7.90. The van der Waals surface area contributed by atoms with Crippen molar-refractivity contribution in [2.75, 3.05) is 18.5 Å². The summed E-state index contributed by atoms with van der Waals surface area (Å²) >= 11 is 0. The van der Waals surface area contributed by atoms with Gasteiger partial charge in [0.25, 0.3) is 21.8 Å². The highest BCUT2D eigenvalue weighted by Gasteiger charge is 2.22. The molecular weight excluding hydrogens is 614 g/mol. The third kappa shape index (κ3) is 6.48. The number of hydrogen-bond donors (Lipinski definition) is 2. The third-order valence-corrected chi connectivity index (χ3v) is 9.54. The van der Waals surface area contributed by atoms with E-state index >= 15 is 0 Å². The maximum absolute atomic E-state index is 13.0. The standard InChI is InChI=1S/C36H35N5O5S/c1-23(2)18-19-40(4)30-17-16-25(21-31(30)41-22-28-11-6-7-14-29(28)36(41)43)33-37-35(46-38-33)27-13-9-12-26(20-27)34(42)39-47(44,45)32-15-8-5-10-24(32)3/h5-17,20-23,43H,18-19H2,1-4H3,(H,39,42). The molecule has 0 unspecified atom stereocenters. The number of rotatable bonds is 10. The van der Waals surface area contributed by atoms with Crippen molar-refractivity contribution in [3.05, 3.63) is 108 Å². The lowest BCUT2D eigenvalue weighted by atomic mass is 10.1. The van der Waals surface area contributed by atoms with Crippen LogP contribution in [0, 0.1) is 12.8 Å². The van der Waals surface area contributed by atoms with Crippen LogP contribution in [0.4, 0.5) is 5.69 Å². The predicted molar refractivity (Wildman–Crippen MR) is 182 cm³/mol. The van der Waals surface area contributed by atoms with Crippen molar-refractivity contribution in [3.8, 4) is 34.4 Å². The Bertz CT molecular complexity index is 2200. The first kappa shape index (κ1) is 31.6. The lowest BCUT2D eigenvalue weighted by Gasteiger charge is -2.24. The molecule has 1 amide bonds. The van der Waals surface area contributed by atoms with Crippen LogP contribution < -0.4 is 9.62 Å². The molecule has 0 aliphatic heterocycles. The van der Waals surface area contributed by atoms with Crippen LogP contribution in [0.25, 0.3) is 39.3 Å². The molecule has 47 heavy (non-hydrogen) atoms. The average Bonchev–Trinajstić information content (AvgIpc) is 3.69. The number of fused-ring (bicyclic) bond motifs is 1. The van der Waals surface area contributed by atoms with Crippen LogP contribution in [0.2, 0.25) is 0 Å². The van der Waals surface area contributed by atoms with Gasteiger partial charge >= 0.3 is 0 Å². The fourth-order valence-corrected chi connectivity index (χ4v) is 6.64. The molecule has 2 aromatic heterocycles. The van der Waals surface area contributed by atoms with Gasteiger partial charge in [-0.2, -0.15) is 4.98 Å². The molecule has 0 fully saturated rings. The number of amides is 1. The molecule has 2 N–H and O–H groups in total. The number of anilines is 1. The van der Waals surface area contributed by atoms with Gasteiger partial charge in [0.2, 0.25) is 11.7 Å². The van der Waals surface area contributed by atoms with Crippen LogP contribution in [0.5, 0.6) is 5.88 Å². The van der Waals surface area contributed by atoms with Crippen LogP contribution >= 0.6 is 0 Å². The minimum Gasteiger partial charge on any atom is -0.494 e. The van der Waals surface area contributed by atoms with E-state index in [9.17, 15) is 18.3 Å². The Labute approximate surface area is 273 Å². The first-order valence-electron chi connectivity index (χ1n) is 15.2. The maximum Gasteiger partial charge on any atom is 0.265 e. The second-order valence-electron chi connectivity index (χ2n) is 11.9. The fraction of sp³-hybridized carbons (Fsp3) is 0.194. The second-order valence-corrected chi connectivity index (χ2v) is 13.6. The van der Waals surface area contributed by atoms with E-state index in [0.29, 0.717) is 28.4 Å². The zero-order valence-corrected chi connectivity index (χ0v) is 27.3. The van der Waals surface area contributed by atoms with Gasteiger partial charge in [0, 0.05) is 47.3 Å². The molecule has 0 spiro atoms. The highest BCUT2D eigenvalue weighted by Crippen LogP contribution is 2.36. The molecule has 4 aromatic carbocycles. The molecule has 240 valence electrons. The van der Waals surface area contributed by atoms with Gasteiger partial charge in [0.15, 0.2) is 0 Å². The minimum absolute atomic E-state index is 0.0314. The number of aromatic nitrogens is 3. The van der Waals surface area contributed by atoms with Gasteiger partial charge in [-0.3, -0.25) is 9.36 Å². The maximum atomic E-state index is 13.0. The Balaban J connectivity index is 1.32. The first-order chi connectivity index (χ1) is 22.5. The summed E-state index contributed by atoms with van der Waals surface area (Å²) in [6.45, 7) is 6.86. The SMILES string of the molecule is Cc1ccccc1S(=O)(=O)NC(=O)c1cccc(-c2nc(-c3ccc(N(C)CCC(C)C)c(-n4cc5ccccc5c4O)c3)no2)c1. The van der Waals surface area contributed by atoms with Gasteiger partial charge in [0.1, 0.15) is 0 Å². The number of aromatic hydroxyl groups is 1. The number of carbonyl (C=O) groups is 1. The molecule has 11 heteroatoms. The van der Waals surface area contributed by atoms with E-state index in [-0.39, 0.29) is 22.2 Å². The molecule has 0 aliphatic rings. The van der Waals surface area contributed by atoms with E-state index in [2.05, 4.69) is 33.6 Å². The molecule has 6 aromatic rings. The summed E-state index contributed by atoms with van der Waals surface area (Å²) < 4.78 is 35.3. The van der Waals surface area contributed by atoms with Crippen molar-refractivity contribution in [3.63, 3.8) is 0 Å². The normalized spacial score (nSPS) is 11.7. The second kappa shape index (κ2) is 12.8. The van der Waals surface area contributed by atoms with E-state index in [4.69, 9.17) is 4.52 Å². The van der Waals surface area contributed by atoms with Crippen molar-refractivity contribution in [1.82, 2.24) is 19.4 Å². The van der Waals surface area contributed by atoms with Gasteiger partial charge in [-0.1, -0.05) is 61.5 Å². The molecule has 0 radical (unpaired) electrons. The third-order valence-electron chi connectivity index (χ3n) is 8.05. The van der Waals surface area contributed by atoms with Gasteiger partial charge in [0.05, 0.1) is 16.3 Å². The molecule has 0 saturated heterocycles. The summed E-state index contributed by atoms with van der Waals surface area (Å²) in [6, 6.07) is 26.2. The zero-order valence-electron chi connectivity index (χ0n) is 26.5. The number of carbonyl (C=O) groups excluding carboxylic acids is 1. The monoisotopic (exact) mass is 649 g/mol. The summed E-state index contributed by atoms with van der Waals surface area (Å²) in [5, 5.41) is 17.1. The van der Waals surface area contributed by atoms with Crippen LogP contribution in [0.3, 0.4) is 0 Å². The Morgan fingerprint density at radius 1 is 0.979 bits per heavy atom. The van der Waals surface area contributed by atoms with Crippen molar-refractivity contribution in [2.45, 2.75) is 32.1 Å². The summed E-state index contributed by atoms with van der Waals surface area (Å²) in [5.74, 6) is 0.346. The van der Waals surface area contributed by atoms with E-state index in [1.54, 1.807) is 41.8 Å². The van der Waals surface area contributed by atoms with Crippen LogP contribution in [-0.4, -0.2) is 47.7 Å². The molecule has 0 aliphatic carbocycles. The van der Waals surface area contributed by atoms with Crippen LogP contribution in [0.15, 0.2) is 107 Å². The Hall–Kier alpha value is -5.42. The number of benzene rings is 4. The average molecular weight is 650 g/mol. The zero-order chi connectivity index (χ0) is 33.3. The molecular formula is C36H35N5O5S. The largest absolute Gasteiger partial charge is 0.494 e. The number of nitrogens with zero attached hydrogens (tertiary/aromatic N) is 4. The van der Waals surface area contributed by atoms with E-state index in [1.807, 2.05) is 55.7 Å². The Morgan fingerprint density at radius 2 is 1.74 bits per heavy atom. The van der Waals surface area contributed by atoms with Crippen LogP contribution in [-0.2, 0) is 10.0 Å². The summed E-state index contributed by atoms with van der Waals surface area (Å²) in [5.41, 5.74) is 3.43. The van der Waals surface area contributed by atoms with Gasteiger partial charge < -0.3 is 14.5 Å². The Kier molecular flexibility index (Phi) is 8.57. The minimum atomic E-state index is -4.08. The quantitative estimate of drug-likeness (QED) is 0.163. The number of hydrogen-bond acceptors (Lipinski definition) is 8. The molecule has 0 bridgehead atoms. The van der Waals surface area contributed by atoms with E-state index in [1.165, 1.54) is 18.2 Å². The molecule has 6 rings (SSSR count). The fourth-order valence-electron chi connectivity index (χ4n) is 5.42. The van der Waals surface area contributed by atoms with Gasteiger partial charge in [-0.25, -0.2) is 13.1 Å². The van der Waals surface area contributed by atoms with Crippen molar-refractivity contribution >= 4 is 32.4 Å². The summed E-state index contributed by atoms with van der Waals surface area (Å²) in [6.07, 6.45) is 2.90. The van der Waals surface area contributed by atoms with Gasteiger partial charge in [-0.05, 0) is 73.4 Å². The molecule has 0 saturated carbocycles. The van der Waals surface area contributed by atoms with Crippen molar-refractivity contribution in [2.24, 2.45) is 5.92 Å². The number of nitrogens with one attached hydrogen (secondary N) is 1. The molecule has 2 heterocycles. The topological polar surface area (TPSA) is 131 Å². The highest BCUT2D eigenvalue weighted by atomic mass is 32.2.